The predicted octanol–water partition coefficient (Wildman–Crippen LogP) is 0.555. The molecule has 0 saturated carbocycles. The van der Waals surface area contributed by atoms with Crippen LogP contribution in [-0.2, 0) is 9.59 Å². The van der Waals surface area contributed by atoms with Crippen LogP contribution < -0.4 is 5.32 Å². The van der Waals surface area contributed by atoms with Gasteiger partial charge in [-0.05, 0) is 19.4 Å². The second kappa shape index (κ2) is 8.10. The number of aliphatic carboxylic acids is 1. The second-order valence-corrected chi connectivity index (χ2v) is 4.41. The molecule has 5 heteroatoms. The van der Waals surface area contributed by atoms with Gasteiger partial charge >= 0.3 is 5.97 Å². The van der Waals surface area contributed by atoms with Crippen molar-refractivity contribution >= 4 is 11.9 Å². The quantitative estimate of drug-likeness (QED) is 0.639. The van der Waals surface area contributed by atoms with E-state index in [2.05, 4.69) is 19.2 Å². The van der Waals surface area contributed by atoms with Crippen LogP contribution in [0, 0.1) is 5.92 Å². The van der Waals surface area contributed by atoms with E-state index >= 15 is 0 Å². The Hall–Kier alpha value is -1.10. The Morgan fingerprint density at radius 1 is 1.38 bits per heavy atom. The van der Waals surface area contributed by atoms with Crippen molar-refractivity contribution < 1.29 is 14.7 Å². The van der Waals surface area contributed by atoms with E-state index in [0.29, 0.717) is 19.0 Å². The van der Waals surface area contributed by atoms with E-state index in [9.17, 15) is 9.59 Å². The molecule has 0 aliphatic carbocycles. The molecular weight excluding hydrogens is 208 g/mol. The first kappa shape index (κ1) is 14.9. The molecule has 0 radical (unpaired) electrons. The lowest BCUT2D eigenvalue weighted by molar-refractivity contribution is -0.137. The number of rotatable bonds is 8. The standard InChI is InChI=1S/C11H22N2O3/c1-9(2)4-6-12-10(14)8-13(3)7-5-11(15)16/h9H,4-8H2,1-3H3,(H,12,14)(H,15,16). The Morgan fingerprint density at radius 2 is 2.00 bits per heavy atom. The summed E-state index contributed by atoms with van der Waals surface area (Å²) in [6, 6.07) is 0. The molecule has 0 bridgehead atoms. The summed E-state index contributed by atoms with van der Waals surface area (Å²) >= 11 is 0. The van der Waals surface area contributed by atoms with Crippen LogP contribution in [0.5, 0.6) is 0 Å². The van der Waals surface area contributed by atoms with E-state index in [-0.39, 0.29) is 18.9 Å². The monoisotopic (exact) mass is 230 g/mol. The molecule has 0 aliphatic heterocycles. The molecule has 16 heavy (non-hydrogen) atoms. The molecule has 0 spiro atoms. The lowest BCUT2D eigenvalue weighted by atomic mass is 10.1. The zero-order chi connectivity index (χ0) is 12.6. The first-order valence-electron chi connectivity index (χ1n) is 5.59. The largest absolute Gasteiger partial charge is 0.481 e. The molecule has 0 rings (SSSR count). The van der Waals surface area contributed by atoms with Crippen molar-refractivity contribution in [3.8, 4) is 0 Å². The molecule has 0 aliphatic rings. The maximum Gasteiger partial charge on any atom is 0.304 e. The van der Waals surface area contributed by atoms with Gasteiger partial charge in [0.25, 0.3) is 0 Å². The number of carbonyl (C=O) groups is 2. The molecule has 5 nitrogen and oxygen atoms in total. The van der Waals surface area contributed by atoms with E-state index in [4.69, 9.17) is 5.11 Å². The van der Waals surface area contributed by atoms with Crippen molar-refractivity contribution in [2.45, 2.75) is 26.7 Å². The van der Waals surface area contributed by atoms with Gasteiger partial charge in [-0.1, -0.05) is 13.8 Å². The highest BCUT2D eigenvalue weighted by molar-refractivity contribution is 5.78. The Bertz CT molecular complexity index is 229. The number of amides is 1. The van der Waals surface area contributed by atoms with Crippen LogP contribution in [0.3, 0.4) is 0 Å². The second-order valence-electron chi connectivity index (χ2n) is 4.41. The molecule has 1 amide bonds. The third-order valence-electron chi connectivity index (χ3n) is 2.16. The average Bonchev–Trinajstić information content (AvgIpc) is 2.14. The Kier molecular flexibility index (Phi) is 7.54. The lowest BCUT2D eigenvalue weighted by Crippen LogP contribution is -2.36. The summed E-state index contributed by atoms with van der Waals surface area (Å²) in [5, 5.41) is 11.3. The molecule has 0 saturated heterocycles. The zero-order valence-electron chi connectivity index (χ0n) is 10.3. The molecule has 0 heterocycles. The summed E-state index contributed by atoms with van der Waals surface area (Å²) < 4.78 is 0. The predicted molar refractivity (Wildman–Crippen MR) is 62.2 cm³/mol. The molecule has 2 N–H and O–H groups in total. The normalized spacial score (nSPS) is 10.8. The van der Waals surface area contributed by atoms with Crippen molar-refractivity contribution in [3.05, 3.63) is 0 Å². The number of hydrogen-bond acceptors (Lipinski definition) is 3. The number of likely N-dealkylation sites (N-methyl/N-ethyl adjacent to an activating group) is 1. The maximum absolute atomic E-state index is 11.4. The van der Waals surface area contributed by atoms with E-state index in [1.807, 2.05) is 0 Å². The number of carboxylic acid groups (broad SMARTS) is 1. The number of carboxylic acids is 1. The van der Waals surface area contributed by atoms with Gasteiger partial charge < -0.3 is 10.4 Å². The van der Waals surface area contributed by atoms with Crippen molar-refractivity contribution in [2.75, 3.05) is 26.7 Å². The van der Waals surface area contributed by atoms with E-state index in [1.165, 1.54) is 0 Å². The minimum absolute atomic E-state index is 0.0476. The summed E-state index contributed by atoms with van der Waals surface area (Å²) in [6.07, 6.45) is 1.03. The van der Waals surface area contributed by atoms with Crippen molar-refractivity contribution in [1.82, 2.24) is 10.2 Å². The summed E-state index contributed by atoms with van der Waals surface area (Å²) in [7, 11) is 1.74. The Morgan fingerprint density at radius 3 is 2.50 bits per heavy atom. The highest BCUT2D eigenvalue weighted by Crippen LogP contribution is 1.96. The van der Waals surface area contributed by atoms with Gasteiger partial charge in [0.15, 0.2) is 0 Å². The molecular formula is C11H22N2O3. The van der Waals surface area contributed by atoms with Gasteiger partial charge in [-0.2, -0.15) is 0 Å². The Balaban J connectivity index is 3.58. The summed E-state index contributed by atoms with van der Waals surface area (Å²) in [5.74, 6) is -0.314. The summed E-state index contributed by atoms with van der Waals surface area (Å²) in [6.45, 7) is 5.54. The molecule has 0 fully saturated rings. The van der Waals surface area contributed by atoms with Crippen LogP contribution in [-0.4, -0.2) is 48.6 Å². The first-order chi connectivity index (χ1) is 7.41. The van der Waals surface area contributed by atoms with Gasteiger partial charge in [0, 0.05) is 13.1 Å². The van der Waals surface area contributed by atoms with Crippen LogP contribution in [0.2, 0.25) is 0 Å². The summed E-state index contributed by atoms with van der Waals surface area (Å²) in [4.78, 5) is 23.4. The highest BCUT2D eigenvalue weighted by atomic mass is 16.4. The molecule has 0 aromatic carbocycles. The first-order valence-corrected chi connectivity index (χ1v) is 5.59. The lowest BCUT2D eigenvalue weighted by Gasteiger charge is -2.15. The fourth-order valence-corrected chi connectivity index (χ4v) is 1.17. The smallest absolute Gasteiger partial charge is 0.304 e. The highest BCUT2D eigenvalue weighted by Gasteiger charge is 2.07. The fourth-order valence-electron chi connectivity index (χ4n) is 1.17. The van der Waals surface area contributed by atoms with Gasteiger partial charge in [0.2, 0.25) is 5.91 Å². The van der Waals surface area contributed by atoms with Gasteiger partial charge in [0.1, 0.15) is 0 Å². The van der Waals surface area contributed by atoms with Crippen LogP contribution in [0.4, 0.5) is 0 Å². The van der Waals surface area contributed by atoms with Gasteiger partial charge in [-0.3, -0.25) is 14.5 Å². The number of nitrogens with one attached hydrogen (secondary N) is 1. The van der Waals surface area contributed by atoms with Crippen LogP contribution in [0.1, 0.15) is 26.7 Å². The van der Waals surface area contributed by atoms with Gasteiger partial charge in [0.05, 0.1) is 13.0 Å². The van der Waals surface area contributed by atoms with Crippen molar-refractivity contribution in [1.29, 1.82) is 0 Å². The van der Waals surface area contributed by atoms with Crippen molar-refractivity contribution in [2.24, 2.45) is 5.92 Å². The van der Waals surface area contributed by atoms with Crippen LogP contribution >= 0.6 is 0 Å². The minimum atomic E-state index is -0.841. The third kappa shape index (κ3) is 9.45. The fraction of sp³-hybridized carbons (Fsp3) is 0.818. The molecule has 0 unspecified atom stereocenters. The zero-order valence-corrected chi connectivity index (χ0v) is 10.3. The average molecular weight is 230 g/mol. The van der Waals surface area contributed by atoms with E-state index < -0.39 is 5.97 Å². The van der Waals surface area contributed by atoms with Crippen LogP contribution in [0.15, 0.2) is 0 Å². The molecule has 94 valence electrons. The SMILES string of the molecule is CC(C)CCNC(=O)CN(C)CCC(=O)O. The topological polar surface area (TPSA) is 69.6 Å². The van der Waals surface area contributed by atoms with E-state index in [0.717, 1.165) is 6.42 Å². The van der Waals surface area contributed by atoms with Crippen molar-refractivity contribution in [3.63, 3.8) is 0 Å². The molecule has 0 atom stereocenters. The Labute approximate surface area is 96.8 Å². The minimum Gasteiger partial charge on any atom is -0.481 e. The number of carbonyl (C=O) groups excluding carboxylic acids is 1. The van der Waals surface area contributed by atoms with Gasteiger partial charge in [-0.25, -0.2) is 0 Å². The molecule has 0 aromatic rings. The summed E-state index contributed by atoms with van der Waals surface area (Å²) in [5.41, 5.74) is 0. The van der Waals surface area contributed by atoms with Gasteiger partial charge in [-0.15, -0.1) is 0 Å². The number of nitrogens with zero attached hydrogens (tertiary/aromatic N) is 1. The molecule has 0 aromatic heterocycles. The van der Waals surface area contributed by atoms with E-state index in [1.54, 1.807) is 11.9 Å². The number of hydrogen-bond donors (Lipinski definition) is 2. The maximum atomic E-state index is 11.4. The third-order valence-corrected chi connectivity index (χ3v) is 2.16. The van der Waals surface area contributed by atoms with Crippen LogP contribution in [0.25, 0.3) is 0 Å².